The molecule has 0 bridgehead atoms. The van der Waals surface area contributed by atoms with Gasteiger partial charge >= 0.3 is 6.09 Å². The Bertz CT molecular complexity index is 1970. The highest BCUT2D eigenvalue weighted by Crippen LogP contribution is 2.48. The number of methoxy groups -OCH3 is 1. The van der Waals surface area contributed by atoms with E-state index in [9.17, 15) is 32.7 Å². The second-order valence-electron chi connectivity index (χ2n) is 16.6. The number of amides is 4. The molecule has 2 aromatic rings. The molecule has 1 aromatic carbocycles. The molecule has 3 N–H and O–H groups in total. The average Bonchev–Trinajstić information content (AvgIpc) is 3.99. The SMILES string of the molecule is COc1ccc2c(O[C@]3(C)C[C@H]4C(=O)N[C@]5(C(=O)NS(=O)(=O)C6(C)CC6)C[C@H]5/C=C\CC[C@@H](C)C[C@@H](C)[C@H](N(C(=O)O)C(C)C)C(=O)N4C3)nccc2c1. The average molecular weight is 768 g/mol. The number of pyridine rings is 1. The summed E-state index contributed by atoms with van der Waals surface area (Å²) < 4.78 is 39.6. The molecule has 1 saturated heterocycles. The van der Waals surface area contributed by atoms with E-state index in [2.05, 4.69) is 21.9 Å². The number of carbonyl (C=O) groups excluding carboxylic acids is 3. The molecule has 4 aliphatic rings. The van der Waals surface area contributed by atoms with Gasteiger partial charge in [0.05, 0.1) is 18.4 Å². The number of allylic oxidation sites excluding steroid dienone is 1. The van der Waals surface area contributed by atoms with Crippen molar-refractivity contribution in [2.24, 2.45) is 17.8 Å². The van der Waals surface area contributed by atoms with Gasteiger partial charge in [0.15, 0.2) is 0 Å². The Balaban J connectivity index is 1.40. The number of benzene rings is 1. The predicted molar refractivity (Wildman–Crippen MR) is 201 cm³/mol. The van der Waals surface area contributed by atoms with Crippen molar-refractivity contribution in [3.05, 3.63) is 42.6 Å². The van der Waals surface area contributed by atoms with Crippen LogP contribution in [0.15, 0.2) is 42.6 Å². The van der Waals surface area contributed by atoms with E-state index in [0.29, 0.717) is 36.8 Å². The number of carbonyl (C=O) groups is 4. The number of hydrogen-bond acceptors (Lipinski definition) is 9. The van der Waals surface area contributed by atoms with E-state index in [4.69, 9.17) is 9.47 Å². The minimum Gasteiger partial charge on any atom is -0.497 e. The Morgan fingerprint density at radius 3 is 2.50 bits per heavy atom. The number of rotatable bonds is 8. The number of nitrogens with one attached hydrogen (secondary N) is 2. The van der Waals surface area contributed by atoms with Gasteiger partial charge in [-0.1, -0.05) is 26.0 Å². The van der Waals surface area contributed by atoms with E-state index in [-0.39, 0.29) is 31.2 Å². The van der Waals surface area contributed by atoms with Crippen LogP contribution in [0.4, 0.5) is 4.79 Å². The summed E-state index contributed by atoms with van der Waals surface area (Å²) in [6, 6.07) is 4.39. The Morgan fingerprint density at radius 2 is 1.85 bits per heavy atom. The van der Waals surface area contributed by atoms with E-state index in [1.54, 1.807) is 47.1 Å². The van der Waals surface area contributed by atoms with Gasteiger partial charge in [-0.05, 0) is 108 Å². The summed E-state index contributed by atoms with van der Waals surface area (Å²) in [5.41, 5.74) is -2.74. The molecule has 1 aromatic heterocycles. The highest BCUT2D eigenvalue weighted by atomic mass is 32.2. The lowest BCUT2D eigenvalue weighted by Gasteiger charge is -2.39. The summed E-state index contributed by atoms with van der Waals surface area (Å²) in [5.74, 6) is -1.86. The van der Waals surface area contributed by atoms with Crippen LogP contribution in [0.2, 0.25) is 0 Å². The first kappa shape index (κ1) is 39.3. The van der Waals surface area contributed by atoms with Crippen LogP contribution in [0.5, 0.6) is 11.6 Å². The van der Waals surface area contributed by atoms with Crippen molar-refractivity contribution < 1.29 is 42.2 Å². The van der Waals surface area contributed by atoms with Crippen LogP contribution < -0.4 is 19.5 Å². The zero-order chi connectivity index (χ0) is 39.4. The van der Waals surface area contributed by atoms with E-state index in [1.807, 2.05) is 37.3 Å². The Morgan fingerprint density at radius 1 is 1.13 bits per heavy atom. The van der Waals surface area contributed by atoms with Crippen molar-refractivity contribution in [2.75, 3.05) is 13.7 Å². The molecule has 294 valence electrons. The maximum Gasteiger partial charge on any atom is 0.408 e. The van der Waals surface area contributed by atoms with Crippen LogP contribution >= 0.6 is 0 Å². The Labute approximate surface area is 317 Å². The highest BCUT2D eigenvalue weighted by molar-refractivity contribution is 7.91. The van der Waals surface area contributed by atoms with E-state index in [0.717, 1.165) is 16.7 Å². The van der Waals surface area contributed by atoms with Gasteiger partial charge in [0.25, 0.3) is 5.91 Å². The monoisotopic (exact) mass is 767 g/mol. The third-order valence-corrected chi connectivity index (χ3v) is 14.0. The summed E-state index contributed by atoms with van der Waals surface area (Å²) in [6.07, 6.45) is 7.12. The van der Waals surface area contributed by atoms with Crippen LogP contribution in [-0.2, 0) is 24.4 Å². The van der Waals surface area contributed by atoms with Gasteiger partial charge in [-0.3, -0.25) is 24.0 Å². The molecule has 6 rings (SSSR count). The molecule has 2 saturated carbocycles. The number of aromatic nitrogens is 1. The molecule has 54 heavy (non-hydrogen) atoms. The maximum absolute atomic E-state index is 15.0. The van der Waals surface area contributed by atoms with Crippen molar-refractivity contribution in [1.29, 1.82) is 0 Å². The number of ether oxygens (including phenoxy) is 2. The smallest absolute Gasteiger partial charge is 0.408 e. The molecule has 2 aliphatic heterocycles. The largest absolute Gasteiger partial charge is 0.497 e. The standard InChI is InChI=1S/C39H53N5O9S/c1-23(2)44(36(48)49)31-25(4)18-24(3)10-8-9-11-27-20-39(27,35(47)42-54(50,51)38(6)15-16-38)41-32(45)30-21-37(5,22-43(30)34(31)46)53-33-29-13-12-28(52-7)19-26(29)14-17-40-33/h9,11-14,17,19,23-25,27,30-31H,8,10,15-16,18,20-22H2,1-7H3,(H,41,45)(H,42,47)(H,48,49)/b11-9-/t24-,25-,27-,30+,31+,37-,39-/m1/s1. The number of nitrogens with zero attached hydrogens (tertiary/aromatic N) is 3. The van der Waals surface area contributed by atoms with Crippen LogP contribution in [0.1, 0.15) is 86.5 Å². The third-order valence-electron chi connectivity index (χ3n) is 11.8. The topological polar surface area (TPSA) is 185 Å². The van der Waals surface area contributed by atoms with Gasteiger partial charge < -0.3 is 24.8 Å². The van der Waals surface area contributed by atoms with E-state index in [1.165, 1.54) is 4.90 Å². The Kier molecular flexibility index (Phi) is 10.4. The highest BCUT2D eigenvalue weighted by Gasteiger charge is 2.63. The molecular formula is C39H53N5O9S. The second-order valence-corrected chi connectivity index (χ2v) is 18.8. The van der Waals surface area contributed by atoms with Gasteiger partial charge in [0, 0.05) is 30.0 Å². The minimum atomic E-state index is -4.01. The van der Waals surface area contributed by atoms with Crippen molar-refractivity contribution in [3.63, 3.8) is 0 Å². The fraction of sp³-hybridized carbons (Fsp3) is 0.615. The minimum absolute atomic E-state index is 0.0143. The summed E-state index contributed by atoms with van der Waals surface area (Å²) in [4.78, 5) is 63.4. The van der Waals surface area contributed by atoms with Crippen LogP contribution in [0.25, 0.3) is 10.8 Å². The molecule has 14 nitrogen and oxygen atoms in total. The molecule has 7 atom stereocenters. The van der Waals surface area contributed by atoms with E-state index < -0.39 is 79.7 Å². The van der Waals surface area contributed by atoms with Crippen molar-refractivity contribution in [2.45, 2.75) is 121 Å². The Hall–Kier alpha value is -4.40. The zero-order valence-corrected chi connectivity index (χ0v) is 32.9. The van der Waals surface area contributed by atoms with Crippen molar-refractivity contribution >= 4 is 44.6 Å². The third kappa shape index (κ3) is 7.47. The molecule has 0 radical (unpaired) electrons. The van der Waals surface area contributed by atoms with Crippen LogP contribution in [-0.4, -0.2) is 99.8 Å². The summed E-state index contributed by atoms with van der Waals surface area (Å²) in [5, 5.41) is 14.8. The molecule has 2 aliphatic carbocycles. The first-order valence-electron chi connectivity index (χ1n) is 18.8. The van der Waals surface area contributed by atoms with Crippen LogP contribution in [0.3, 0.4) is 0 Å². The first-order chi connectivity index (χ1) is 25.3. The number of hydrogen-bond donors (Lipinski definition) is 3. The molecule has 0 unspecified atom stereocenters. The fourth-order valence-corrected chi connectivity index (χ4v) is 9.53. The van der Waals surface area contributed by atoms with Gasteiger partial charge in [-0.2, -0.15) is 0 Å². The van der Waals surface area contributed by atoms with Gasteiger partial charge in [0.1, 0.15) is 29.0 Å². The number of sulfonamides is 1. The lowest BCUT2D eigenvalue weighted by atomic mass is 9.86. The predicted octanol–water partition coefficient (Wildman–Crippen LogP) is 4.62. The maximum atomic E-state index is 15.0. The quantitative estimate of drug-likeness (QED) is 0.320. The summed E-state index contributed by atoms with van der Waals surface area (Å²) in [7, 11) is -2.44. The second kappa shape index (κ2) is 14.3. The van der Waals surface area contributed by atoms with Crippen LogP contribution in [0, 0.1) is 17.8 Å². The molecule has 4 amide bonds. The molecular weight excluding hydrogens is 715 g/mol. The first-order valence-corrected chi connectivity index (χ1v) is 20.3. The van der Waals surface area contributed by atoms with Crippen molar-refractivity contribution in [1.82, 2.24) is 24.8 Å². The molecule has 3 heterocycles. The van der Waals surface area contributed by atoms with Gasteiger partial charge in [-0.15, -0.1) is 0 Å². The molecule has 0 spiro atoms. The number of carboxylic acid groups (broad SMARTS) is 1. The molecule has 3 fully saturated rings. The van der Waals surface area contributed by atoms with Crippen molar-refractivity contribution in [3.8, 4) is 11.6 Å². The summed E-state index contributed by atoms with van der Waals surface area (Å²) in [6.45, 7) is 10.6. The zero-order valence-electron chi connectivity index (χ0n) is 32.1. The number of fused-ring (bicyclic) bond motifs is 3. The lowest BCUT2D eigenvalue weighted by Crippen LogP contribution is -2.60. The van der Waals surface area contributed by atoms with E-state index >= 15 is 0 Å². The normalized spacial score (nSPS) is 31.6. The summed E-state index contributed by atoms with van der Waals surface area (Å²) >= 11 is 0. The van der Waals surface area contributed by atoms with Gasteiger partial charge in [0.2, 0.25) is 27.7 Å². The van der Waals surface area contributed by atoms with Gasteiger partial charge in [-0.25, -0.2) is 18.2 Å². The fourth-order valence-electron chi connectivity index (χ4n) is 8.22. The lowest BCUT2D eigenvalue weighted by molar-refractivity contribution is -0.145. The molecule has 15 heteroatoms.